The third-order valence-corrected chi connectivity index (χ3v) is 5.11. The van der Waals surface area contributed by atoms with Crippen LogP contribution in [0.4, 0.5) is 4.39 Å². The lowest BCUT2D eigenvalue weighted by molar-refractivity contribution is -0.137. The second-order valence-electron chi connectivity index (χ2n) is 6.85. The highest BCUT2D eigenvalue weighted by Crippen LogP contribution is 2.24. The number of hydrogen-bond donors (Lipinski definition) is 0. The van der Waals surface area contributed by atoms with Gasteiger partial charge in [-0.3, -0.25) is 4.79 Å². The number of nitrogens with zero attached hydrogens (tertiary/aromatic N) is 1. The van der Waals surface area contributed by atoms with Crippen LogP contribution in [0.25, 0.3) is 0 Å². The maximum atomic E-state index is 13.0. The Hall–Kier alpha value is -1.38. The third kappa shape index (κ3) is 5.33. The van der Waals surface area contributed by atoms with Crippen molar-refractivity contribution in [1.29, 1.82) is 0 Å². The quantitative estimate of drug-likeness (QED) is 0.705. The molecule has 0 aromatic heterocycles. The Kier molecular flexibility index (Phi) is 7.07. The van der Waals surface area contributed by atoms with Gasteiger partial charge in [-0.15, -0.1) is 0 Å². The molecule has 2 nitrogen and oxygen atoms in total. The van der Waals surface area contributed by atoms with Crippen molar-refractivity contribution in [2.75, 3.05) is 13.1 Å². The summed E-state index contributed by atoms with van der Waals surface area (Å²) < 4.78 is 13.0. The maximum Gasteiger partial charge on any atom is 0.225 e. The van der Waals surface area contributed by atoms with Gasteiger partial charge in [0.05, 0.1) is 0 Å². The molecule has 2 rings (SSSR count). The molecule has 0 N–H and O–H groups in total. The van der Waals surface area contributed by atoms with E-state index in [1.807, 2.05) is 12.1 Å². The van der Waals surface area contributed by atoms with Crippen LogP contribution in [-0.4, -0.2) is 23.9 Å². The minimum Gasteiger partial charge on any atom is -0.342 e. The van der Waals surface area contributed by atoms with Crippen LogP contribution in [0.15, 0.2) is 24.3 Å². The van der Waals surface area contributed by atoms with Crippen molar-refractivity contribution in [2.24, 2.45) is 11.8 Å². The average molecular weight is 319 g/mol. The van der Waals surface area contributed by atoms with E-state index in [9.17, 15) is 9.18 Å². The zero-order valence-electron chi connectivity index (χ0n) is 14.6. The second kappa shape index (κ2) is 9.05. The van der Waals surface area contributed by atoms with Crippen LogP contribution in [0.3, 0.4) is 0 Å². The van der Waals surface area contributed by atoms with E-state index in [0.717, 1.165) is 58.0 Å². The third-order valence-electron chi connectivity index (χ3n) is 5.11. The van der Waals surface area contributed by atoms with Gasteiger partial charge in [-0.1, -0.05) is 38.8 Å². The predicted octanol–water partition coefficient (Wildman–Crippen LogP) is 4.82. The molecule has 1 saturated heterocycles. The Morgan fingerprint density at radius 3 is 2.43 bits per heavy atom. The first kappa shape index (κ1) is 18.0. The molecule has 1 aliphatic rings. The Bertz CT molecular complexity index is 477. The predicted molar refractivity (Wildman–Crippen MR) is 92.7 cm³/mol. The van der Waals surface area contributed by atoms with E-state index >= 15 is 0 Å². The van der Waals surface area contributed by atoms with Crippen LogP contribution in [0.5, 0.6) is 0 Å². The zero-order valence-corrected chi connectivity index (χ0v) is 14.6. The standard InChI is InChI=1S/C20H30FNO/c1-3-5-6-18(4-2)20(23)22-13-11-17(12-14-22)15-16-7-9-19(21)10-8-16/h7-10,17-18H,3-6,11-15H2,1-2H3/t18-/m0/s1. The Balaban J connectivity index is 1.80. The molecule has 0 radical (unpaired) electrons. The van der Waals surface area contributed by atoms with Gasteiger partial charge in [0.1, 0.15) is 5.82 Å². The Morgan fingerprint density at radius 1 is 1.22 bits per heavy atom. The van der Waals surface area contributed by atoms with Gasteiger partial charge in [0.25, 0.3) is 0 Å². The number of unbranched alkanes of at least 4 members (excludes halogenated alkanes) is 1. The molecular formula is C20H30FNO. The lowest BCUT2D eigenvalue weighted by Gasteiger charge is -2.34. The molecule has 1 atom stereocenters. The molecule has 1 amide bonds. The van der Waals surface area contributed by atoms with Gasteiger partial charge >= 0.3 is 0 Å². The minimum atomic E-state index is -0.174. The maximum absolute atomic E-state index is 13.0. The van der Waals surface area contributed by atoms with Crippen molar-refractivity contribution < 1.29 is 9.18 Å². The van der Waals surface area contributed by atoms with Gasteiger partial charge in [0.2, 0.25) is 5.91 Å². The Labute approximate surface area is 140 Å². The molecule has 0 aliphatic carbocycles. The number of halogens is 1. The normalized spacial score (nSPS) is 17.3. The molecule has 0 spiro atoms. The molecule has 128 valence electrons. The fourth-order valence-electron chi connectivity index (χ4n) is 3.52. The largest absolute Gasteiger partial charge is 0.342 e. The molecule has 1 aliphatic heterocycles. The van der Waals surface area contributed by atoms with Gasteiger partial charge in [-0.2, -0.15) is 0 Å². The van der Waals surface area contributed by atoms with Gasteiger partial charge < -0.3 is 4.90 Å². The molecule has 3 heteroatoms. The summed E-state index contributed by atoms with van der Waals surface area (Å²) >= 11 is 0. The van der Waals surface area contributed by atoms with Gasteiger partial charge in [-0.05, 0) is 55.7 Å². The van der Waals surface area contributed by atoms with Crippen LogP contribution in [-0.2, 0) is 11.2 Å². The zero-order chi connectivity index (χ0) is 16.7. The molecule has 1 heterocycles. The van der Waals surface area contributed by atoms with Crippen LogP contribution < -0.4 is 0 Å². The number of carbonyl (C=O) groups excluding carboxylic acids is 1. The molecule has 0 saturated carbocycles. The highest BCUT2D eigenvalue weighted by molar-refractivity contribution is 5.78. The number of hydrogen-bond acceptors (Lipinski definition) is 1. The summed E-state index contributed by atoms with van der Waals surface area (Å²) in [5, 5.41) is 0. The van der Waals surface area contributed by atoms with Crippen LogP contribution in [0, 0.1) is 17.7 Å². The number of amides is 1. The van der Waals surface area contributed by atoms with Crippen LogP contribution >= 0.6 is 0 Å². The summed E-state index contributed by atoms with van der Waals surface area (Å²) in [5.41, 5.74) is 1.20. The first-order chi connectivity index (χ1) is 11.1. The minimum absolute atomic E-state index is 0.174. The summed E-state index contributed by atoms with van der Waals surface area (Å²) in [6, 6.07) is 6.83. The summed E-state index contributed by atoms with van der Waals surface area (Å²) in [7, 11) is 0. The van der Waals surface area contributed by atoms with Gasteiger partial charge in [0.15, 0.2) is 0 Å². The summed E-state index contributed by atoms with van der Waals surface area (Å²) in [6.07, 6.45) is 7.40. The van der Waals surface area contributed by atoms with Crippen molar-refractivity contribution in [3.63, 3.8) is 0 Å². The first-order valence-electron chi connectivity index (χ1n) is 9.17. The molecule has 0 bridgehead atoms. The molecular weight excluding hydrogens is 289 g/mol. The average Bonchev–Trinajstić information content (AvgIpc) is 2.58. The summed E-state index contributed by atoms with van der Waals surface area (Å²) in [5.74, 6) is 1.01. The fourth-order valence-corrected chi connectivity index (χ4v) is 3.52. The monoisotopic (exact) mass is 319 g/mol. The Morgan fingerprint density at radius 2 is 1.87 bits per heavy atom. The molecule has 1 aromatic carbocycles. The smallest absolute Gasteiger partial charge is 0.225 e. The van der Waals surface area contributed by atoms with E-state index in [-0.39, 0.29) is 11.7 Å². The van der Waals surface area contributed by atoms with E-state index in [0.29, 0.717) is 11.8 Å². The molecule has 1 fully saturated rings. The SMILES string of the molecule is CCCC[C@H](CC)C(=O)N1CCC(Cc2ccc(F)cc2)CC1. The number of likely N-dealkylation sites (tertiary alicyclic amines) is 1. The van der Waals surface area contributed by atoms with Crippen molar-refractivity contribution >= 4 is 5.91 Å². The molecule has 0 unspecified atom stereocenters. The molecule has 23 heavy (non-hydrogen) atoms. The summed E-state index contributed by atoms with van der Waals surface area (Å²) in [4.78, 5) is 14.7. The van der Waals surface area contributed by atoms with E-state index in [2.05, 4.69) is 18.7 Å². The van der Waals surface area contributed by atoms with E-state index < -0.39 is 0 Å². The van der Waals surface area contributed by atoms with Crippen LogP contribution in [0.1, 0.15) is 57.9 Å². The van der Waals surface area contributed by atoms with E-state index in [4.69, 9.17) is 0 Å². The molecule has 1 aromatic rings. The van der Waals surface area contributed by atoms with Gasteiger partial charge in [0, 0.05) is 19.0 Å². The van der Waals surface area contributed by atoms with Crippen molar-refractivity contribution in [3.05, 3.63) is 35.6 Å². The van der Waals surface area contributed by atoms with Crippen molar-refractivity contribution in [3.8, 4) is 0 Å². The first-order valence-corrected chi connectivity index (χ1v) is 9.17. The highest BCUT2D eigenvalue weighted by Gasteiger charge is 2.27. The van der Waals surface area contributed by atoms with Crippen molar-refractivity contribution in [1.82, 2.24) is 4.90 Å². The second-order valence-corrected chi connectivity index (χ2v) is 6.85. The number of piperidine rings is 1. The van der Waals surface area contributed by atoms with E-state index in [1.165, 1.54) is 17.7 Å². The number of rotatable bonds is 7. The fraction of sp³-hybridized carbons (Fsp3) is 0.650. The topological polar surface area (TPSA) is 20.3 Å². The number of carbonyl (C=O) groups is 1. The number of benzene rings is 1. The van der Waals surface area contributed by atoms with Crippen LogP contribution in [0.2, 0.25) is 0 Å². The van der Waals surface area contributed by atoms with Crippen molar-refractivity contribution in [2.45, 2.75) is 58.8 Å². The summed E-state index contributed by atoms with van der Waals surface area (Å²) in [6.45, 7) is 6.07. The highest BCUT2D eigenvalue weighted by atomic mass is 19.1. The van der Waals surface area contributed by atoms with Gasteiger partial charge in [-0.25, -0.2) is 4.39 Å². The lowest BCUT2D eigenvalue weighted by Crippen LogP contribution is -2.42. The van der Waals surface area contributed by atoms with E-state index in [1.54, 1.807) is 0 Å². The lowest BCUT2D eigenvalue weighted by atomic mass is 9.89.